The van der Waals surface area contributed by atoms with Gasteiger partial charge in [0.15, 0.2) is 5.41 Å². The molecule has 2 aliphatic heterocycles. The van der Waals surface area contributed by atoms with Crippen LogP contribution >= 0.6 is 11.8 Å². The average molecular weight is 414 g/mol. The molecule has 2 heterocycles. The molecule has 30 heavy (non-hydrogen) atoms. The van der Waals surface area contributed by atoms with Gasteiger partial charge in [-0.25, -0.2) is 0 Å². The first-order valence-corrected chi connectivity index (χ1v) is 10.6. The number of hydrogen-bond acceptors (Lipinski definition) is 7. The summed E-state index contributed by atoms with van der Waals surface area (Å²) in [6.07, 6.45) is 0.870. The highest BCUT2D eigenvalue weighted by Crippen LogP contribution is 2.68. The smallest absolute Gasteiger partial charge is 0.244 e. The van der Waals surface area contributed by atoms with Gasteiger partial charge in [-0.1, -0.05) is 49.4 Å². The van der Waals surface area contributed by atoms with Gasteiger partial charge in [-0.15, -0.1) is 11.8 Å². The van der Waals surface area contributed by atoms with Gasteiger partial charge in [-0.2, -0.15) is 15.8 Å². The Bertz CT molecular complexity index is 1120. The summed E-state index contributed by atoms with van der Waals surface area (Å²) < 4.78 is 12.4. The van der Waals surface area contributed by atoms with Gasteiger partial charge in [-0.3, -0.25) is 5.41 Å². The molecule has 2 aliphatic rings. The van der Waals surface area contributed by atoms with Crippen LogP contribution < -0.4 is 0 Å². The Kier molecular flexibility index (Phi) is 4.59. The molecule has 4 atom stereocenters. The van der Waals surface area contributed by atoms with Crippen molar-refractivity contribution in [2.75, 3.05) is 6.26 Å². The fraction of sp³-hybridized carbons (Fsp3) is 0.304. The minimum Gasteiger partial charge on any atom is -0.443 e. The number of nitrogens with zero attached hydrogens (tertiary/aromatic N) is 3. The van der Waals surface area contributed by atoms with Gasteiger partial charge < -0.3 is 9.47 Å². The topological polar surface area (TPSA) is 114 Å². The van der Waals surface area contributed by atoms with Crippen molar-refractivity contribution in [3.05, 3.63) is 65.7 Å². The van der Waals surface area contributed by atoms with E-state index in [2.05, 4.69) is 18.2 Å². The molecule has 148 valence electrons. The van der Waals surface area contributed by atoms with Crippen molar-refractivity contribution in [2.24, 2.45) is 16.7 Å². The molecule has 2 aromatic carbocycles. The first kappa shape index (κ1) is 20.0. The van der Waals surface area contributed by atoms with E-state index in [1.54, 1.807) is 43.0 Å². The third-order valence-electron chi connectivity index (χ3n) is 6.26. The van der Waals surface area contributed by atoms with E-state index >= 15 is 0 Å². The van der Waals surface area contributed by atoms with Crippen LogP contribution in [-0.2, 0) is 15.3 Å². The molecule has 2 aromatic rings. The van der Waals surface area contributed by atoms with Gasteiger partial charge in [-0.05, 0) is 24.0 Å². The number of rotatable bonds is 3. The van der Waals surface area contributed by atoms with Gasteiger partial charge in [0.2, 0.25) is 17.1 Å². The molecule has 0 amide bonds. The second kappa shape index (κ2) is 6.89. The maximum Gasteiger partial charge on any atom is 0.244 e. The van der Waals surface area contributed by atoms with Crippen LogP contribution in [0, 0.1) is 56.2 Å². The van der Waals surface area contributed by atoms with E-state index in [1.807, 2.05) is 36.6 Å². The number of thioether (sulfide) groups is 1. The van der Waals surface area contributed by atoms with Crippen LogP contribution in [-0.4, -0.2) is 12.2 Å². The van der Waals surface area contributed by atoms with Gasteiger partial charge in [0.1, 0.15) is 6.10 Å². The van der Waals surface area contributed by atoms with Crippen LogP contribution in [0.2, 0.25) is 0 Å². The summed E-state index contributed by atoms with van der Waals surface area (Å²) in [5.74, 6) is -2.62. The predicted octanol–water partition coefficient (Wildman–Crippen LogP) is 4.52. The molecule has 0 aliphatic carbocycles. The van der Waals surface area contributed by atoms with Crippen LogP contribution in [0.5, 0.6) is 0 Å². The monoisotopic (exact) mass is 414 g/mol. The molecule has 2 fully saturated rings. The average Bonchev–Trinajstić information content (AvgIpc) is 2.96. The molecule has 4 rings (SSSR count). The van der Waals surface area contributed by atoms with E-state index < -0.39 is 34.5 Å². The Balaban J connectivity index is 2.01. The fourth-order valence-corrected chi connectivity index (χ4v) is 5.03. The van der Waals surface area contributed by atoms with Gasteiger partial charge in [0, 0.05) is 10.5 Å². The summed E-state index contributed by atoms with van der Waals surface area (Å²) in [7, 11) is 0. The van der Waals surface area contributed by atoms with E-state index in [1.165, 1.54) is 0 Å². The highest BCUT2D eigenvalue weighted by Gasteiger charge is 2.79. The first-order valence-electron chi connectivity index (χ1n) is 9.35. The molecule has 0 spiro atoms. The molecule has 2 bridgehead atoms. The third-order valence-corrected chi connectivity index (χ3v) is 7.01. The number of ether oxygens (including phenoxy) is 2. The summed E-state index contributed by atoms with van der Waals surface area (Å²) in [5.41, 5.74) is -2.52. The zero-order valence-corrected chi connectivity index (χ0v) is 17.2. The second-order valence-electron chi connectivity index (χ2n) is 7.41. The SMILES string of the molecule is CSc1ccc(C2OC3(c4ccccc4)OC(=N)C(C#N)(C3C)C2(C#N)C#N)cc1. The van der Waals surface area contributed by atoms with E-state index in [0.29, 0.717) is 11.1 Å². The quantitative estimate of drug-likeness (QED) is 0.739. The Hall–Kier alpha value is -3.31. The fourth-order valence-electron chi connectivity index (χ4n) is 4.62. The van der Waals surface area contributed by atoms with Gasteiger partial charge in [0.25, 0.3) is 0 Å². The van der Waals surface area contributed by atoms with E-state index in [-0.39, 0.29) is 0 Å². The molecule has 6 nitrogen and oxygen atoms in total. The van der Waals surface area contributed by atoms with Crippen molar-refractivity contribution in [3.8, 4) is 18.2 Å². The molecule has 7 heteroatoms. The largest absolute Gasteiger partial charge is 0.443 e. The maximum absolute atomic E-state index is 10.3. The van der Waals surface area contributed by atoms with Crippen LogP contribution in [0.25, 0.3) is 0 Å². The summed E-state index contributed by atoms with van der Waals surface area (Å²) in [6, 6.07) is 22.7. The standard InChI is InChI=1S/C23H18N4O2S/c1-15-22(14-26)20(27)29-23(15,17-6-4-3-5-7-17)28-19(21(22,12-24)13-25)16-8-10-18(30-2)11-9-16/h3-11,15,19,27H,1-2H3. The lowest BCUT2D eigenvalue weighted by atomic mass is 9.53. The van der Waals surface area contributed by atoms with Crippen LogP contribution in [0.15, 0.2) is 59.5 Å². The zero-order valence-electron chi connectivity index (χ0n) is 16.4. The second-order valence-corrected chi connectivity index (χ2v) is 8.29. The van der Waals surface area contributed by atoms with Crippen LogP contribution in [0.3, 0.4) is 0 Å². The van der Waals surface area contributed by atoms with Crippen LogP contribution in [0.1, 0.15) is 24.2 Å². The lowest BCUT2D eigenvalue weighted by molar-refractivity contribution is -0.288. The van der Waals surface area contributed by atoms with Crippen molar-refractivity contribution in [1.29, 1.82) is 21.2 Å². The van der Waals surface area contributed by atoms with Crippen molar-refractivity contribution < 1.29 is 9.47 Å². The summed E-state index contributed by atoms with van der Waals surface area (Å²) in [4.78, 5) is 1.02. The lowest BCUT2D eigenvalue weighted by Gasteiger charge is -2.48. The summed E-state index contributed by atoms with van der Waals surface area (Å²) in [5, 5.41) is 39.3. The van der Waals surface area contributed by atoms with Crippen LogP contribution in [0.4, 0.5) is 0 Å². The molecule has 2 saturated heterocycles. The Morgan fingerprint density at radius 2 is 1.60 bits per heavy atom. The highest BCUT2D eigenvalue weighted by molar-refractivity contribution is 7.98. The number of hydrogen-bond donors (Lipinski definition) is 1. The minimum absolute atomic E-state index is 0.410. The number of nitriles is 3. The molecular weight excluding hydrogens is 396 g/mol. The molecule has 1 N–H and O–H groups in total. The number of fused-ring (bicyclic) bond motifs is 2. The van der Waals surface area contributed by atoms with E-state index in [9.17, 15) is 15.8 Å². The van der Waals surface area contributed by atoms with Crippen molar-refractivity contribution >= 4 is 17.7 Å². The van der Waals surface area contributed by atoms with Crippen molar-refractivity contribution in [3.63, 3.8) is 0 Å². The van der Waals surface area contributed by atoms with Crippen molar-refractivity contribution in [2.45, 2.75) is 23.7 Å². The number of benzene rings is 2. The predicted molar refractivity (Wildman–Crippen MR) is 110 cm³/mol. The summed E-state index contributed by atoms with van der Waals surface area (Å²) in [6.45, 7) is 1.70. The molecular formula is C23H18N4O2S. The van der Waals surface area contributed by atoms with Gasteiger partial charge in [0.05, 0.1) is 24.1 Å². The molecule has 4 unspecified atom stereocenters. The first-order chi connectivity index (χ1) is 14.5. The Morgan fingerprint density at radius 3 is 2.13 bits per heavy atom. The van der Waals surface area contributed by atoms with Crippen molar-refractivity contribution in [1.82, 2.24) is 0 Å². The molecule has 0 saturated carbocycles. The normalized spacial score (nSPS) is 31.1. The molecule has 0 aromatic heterocycles. The number of nitrogens with one attached hydrogen (secondary N) is 1. The van der Waals surface area contributed by atoms with E-state index in [4.69, 9.17) is 14.9 Å². The minimum atomic E-state index is -1.95. The Labute approximate surface area is 179 Å². The van der Waals surface area contributed by atoms with E-state index in [0.717, 1.165) is 4.90 Å². The lowest BCUT2D eigenvalue weighted by Crippen LogP contribution is -2.57. The Morgan fingerprint density at radius 1 is 0.967 bits per heavy atom. The highest BCUT2D eigenvalue weighted by atomic mass is 32.2. The molecule has 0 radical (unpaired) electrons. The third kappa shape index (κ3) is 2.24. The maximum atomic E-state index is 10.3. The summed E-state index contributed by atoms with van der Waals surface area (Å²) >= 11 is 1.57. The van der Waals surface area contributed by atoms with Gasteiger partial charge >= 0.3 is 0 Å². The zero-order chi connectivity index (χ0) is 21.6.